The summed E-state index contributed by atoms with van der Waals surface area (Å²) < 4.78 is 52.3. The van der Waals surface area contributed by atoms with Gasteiger partial charge < -0.3 is 83.9 Å². The molecule has 4 aliphatic heterocycles. The molecule has 93 heavy (non-hydrogen) atoms. The van der Waals surface area contributed by atoms with Crippen molar-refractivity contribution in [1.82, 2.24) is 25.8 Å². The van der Waals surface area contributed by atoms with Crippen molar-refractivity contribution in [1.29, 1.82) is 0 Å². The second kappa shape index (κ2) is 35.1. The van der Waals surface area contributed by atoms with E-state index >= 15 is 0 Å². The lowest BCUT2D eigenvalue weighted by Crippen LogP contribution is -2.53. The largest absolute Gasteiger partial charge is 0.495 e. The number of fused-ring (bicyclic) bond motifs is 7. The molecule has 8 atom stereocenters. The number of esters is 1. The Morgan fingerprint density at radius 3 is 2.22 bits per heavy atom. The smallest absolute Gasteiger partial charge is 0.407 e. The maximum absolute atomic E-state index is 14.4. The molecule has 0 aliphatic carbocycles. The van der Waals surface area contributed by atoms with Crippen LogP contribution in [-0.4, -0.2) is 202 Å². The van der Waals surface area contributed by atoms with Crippen LogP contribution < -0.4 is 36.2 Å². The lowest BCUT2D eigenvalue weighted by molar-refractivity contribution is -0.162. The van der Waals surface area contributed by atoms with E-state index in [4.69, 9.17) is 60.0 Å². The van der Waals surface area contributed by atoms with E-state index in [1.54, 1.807) is 40.1 Å². The first kappa shape index (κ1) is 72.8. The van der Waals surface area contributed by atoms with E-state index in [1.165, 1.54) is 35.8 Å². The Balaban J connectivity index is 0.762. The van der Waals surface area contributed by atoms with Gasteiger partial charge in [-0.3, -0.25) is 24.0 Å². The van der Waals surface area contributed by atoms with Crippen LogP contribution in [-0.2, 0) is 79.6 Å². The van der Waals surface area contributed by atoms with Gasteiger partial charge in [0, 0.05) is 97.5 Å². The molecular formula is C68H93ClN8O16. The van der Waals surface area contributed by atoms with Crippen LogP contribution >= 0.6 is 11.6 Å². The Morgan fingerprint density at radius 1 is 0.871 bits per heavy atom. The third-order valence-corrected chi connectivity index (χ3v) is 17.8. The number of halogens is 1. The van der Waals surface area contributed by atoms with Gasteiger partial charge in [0.15, 0.2) is 0 Å². The molecule has 2 fully saturated rings. The number of para-hydroxylation sites is 1. The minimum absolute atomic E-state index is 0.0223. The average Bonchev–Trinajstić information content (AvgIpc) is 1.60. The van der Waals surface area contributed by atoms with Gasteiger partial charge in [-0.05, 0) is 62.9 Å². The first-order chi connectivity index (χ1) is 44.6. The van der Waals surface area contributed by atoms with Gasteiger partial charge in [-0.15, -0.1) is 0 Å². The molecule has 0 radical (unpaired) electrons. The Hall–Kier alpha value is -7.58. The Bertz CT molecular complexity index is 3200. The number of allylic oxidation sites excluding steroid dienone is 3. The number of anilines is 2. The molecule has 24 nitrogen and oxygen atoms in total. The summed E-state index contributed by atoms with van der Waals surface area (Å²) in [5, 5.41) is 9.15. The standard InChI is InChI=1S/C68H93ClN8O16/c1-43-17-15-22-53(85-9)50-40-54(91-67(84)73-50)44(2)65-68(4,93-65)56(41-61(82)76(8)52-38-46(37-43)39-55(86-10)62(52)69)92-66(83)45(3)75(7)59(80)24-16-23-58(79)74(6)28-30-88-32-34-90-36-35-89-33-31-87-29-26-57(78)72-27-25-60(81)77-42-47-18-11-12-19-48(47)63(70)64(71-5)49-20-13-14-21-51(49)77/h11-15,17-22,38-39,44-45,50,53-54,56,65,71H,16,23-37,40-42,70H2,1-10H3,(H,72,78)(H,73,84)/b22-15+,43-17-,64-63-/t44-,45+,50?,53-,54+,56+,65+,68+/m1/s1. The monoisotopic (exact) mass is 1310 g/mol. The van der Waals surface area contributed by atoms with Crippen LogP contribution in [0.5, 0.6) is 5.75 Å². The van der Waals surface area contributed by atoms with Crippen LogP contribution in [0.2, 0.25) is 5.02 Å². The fourth-order valence-electron chi connectivity index (χ4n) is 11.6. The first-order valence-electron chi connectivity index (χ1n) is 31.7. The molecule has 1 unspecified atom stereocenters. The van der Waals surface area contributed by atoms with E-state index in [2.05, 4.69) is 16.0 Å². The molecule has 2 saturated heterocycles. The zero-order valence-corrected chi connectivity index (χ0v) is 56.0. The number of epoxide rings is 1. The van der Waals surface area contributed by atoms with Gasteiger partial charge in [0.05, 0.1) is 114 Å². The Labute approximate surface area is 550 Å². The van der Waals surface area contributed by atoms with Crippen LogP contribution in [0.4, 0.5) is 16.2 Å². The highest BCUT2D eigenvalue weighted by Gasteiger charge is 2.64. The quantitative estimate of drug-likeness (QED) is 0.0351. The third-order valence-electron chi connectivity index (χ3n) is 17.4. The van der Waals surface area contributed by atoms with Gasteiger partial charge in [-0.2, -0.15) is 0 Å². The van der Waals surface area contributed by atoms with Crippen molar-refractivity contribution in [2.45, 2.75) is 128 Å². The fourth-order valence-corrected chi connectivity index (χ4v) is 11.9. The number of ether oxygens (including phenoxy) is 9. The average molecular weight is 1310 g/mol. The van der Waals surface area contributed by atoms with E-state index in [1.807, 2.05) is 92.7 Å². The van der Waals surface area contributed by atoms with E-state index in [0.717, 1.165) is 39.2 Å². The summed E-state index contributed by atoms with van der Waals surface area (Å²) in [4.78, 5) is 100. The molecule has 3 aromatic carbocycles. The van der Waals surface area contributed by atoms with Crippen LogP contribution in [0.1, 0.15) is 94.9 Å². The minimum atomic E-state index is -1.21. The molecular weight excluding hydrogens is 1220 g/mol. The minimum Gasteiger partial charge on any atom is -0.495 e. The zero-order valence-electron chi connectivity index (χ0n) is 55.3. The van der Waals surface area contributed by atoms with Gasteiger partial charge in [0.25, 0.3) is 0 Å². The lowest BCUT2D eigenvalue weighted by Gasteiger charge is -2.36. The number of hydrogen-bond donors (Lipinski definition) is 4. The van der Waals surface area contributed by atoms with Crippen LogP contribution in [0.25, 0.3) is 11.4 Å². The number of amides is 6. The van der Waals surface area contributed by atoms with Crippen molar-refractivity contribution < 1.29 is 76.2 Å². The molecule has 508 valence electrons. The van der Waals surface area contributed by atoms with Gasteiger partial charge >= 0.3 is 12.1 Å². The first-order valence-corrected chi connectivity index (χ1v) is 32.1. The molecule has 0 aromatic heterocycles. The number of alkyl carbamates (subject to hydrolysis) is 1. The molecule has 5 N–H and O–H groups in total. The normalized spacial score (nSPS) is 23.4. The molecule has 0 saturated carbocycles. The predicted molar refractivity (Wildman–Crippen MR) is 351 cm³/mol. The second-order valence-corrected chi connectivity index (χ2v) is 24.2. The van der Waals surface area contributed by atoms with E-state index in [0.29, 0.717) is 76.1 Å². The van der Waals surface area contributed by atoms with Crippen molar-refractivity contribution in [3.63, 3.8) is 0 Å². The van der Waals surface area contributed by atoms with Crippen molar-refractivity contribution in [2.24, 2.45) is 11.7 Å². The molecule has 4 aliphatic rings. The summed E-state index contributed by atoms with van der Waals surface area (Å²) in [6.45, 7) is 10.3. The maximum Gasteiger partial charge on any atom is 0.407 e. The summed E-state index contributed by atoms with van der Waals surface area (Å²) in [5.74, 6) is -2.19. The zero-order chi connectivity index (χ0) is 67.4. The fraction of sp³-hybridized carbons (Fsp3) is 0.544. The molecule has 4 heterocycles. The second-order valence-electron chi connectivity index (χ2n) is 23.8. The van der Waals surface area contributed by atoms with Crippen LogP contribution in [0.15, 0.2) is 84.5 Å². The van der Waals surface area contributed by atoms with Gasteiger partial charge in [0.1, 0.15) is 34.6 Å². The Morgan fingerprint density at radius 2 is 1.53 bits per heavy atom. The predicted octanol–water partition coefficient (Wildman–Crippen LogP) is 6.34. The van der Waals surface area contributed by atoms with Crippen molar-refractivity contribution >= 4 is 76.0 Å². The number of methoxy groups -OCH3 is 2. The number of carbonyl (C=O) groups is 7. The van der Waals surface area contributed by atoms with Gasteiger partial charge in [-0.25, -0.2) is 9.59 Å². The molecule has 3 aromatic rings. The SMILES string of the molecule is CN/C1=C(\N)c2ccccc2CN(C(=O)CCNC(=O)CCOCCOCCOCCOCCN(C)C(=O)CCCC(=O)N(C)[C@@H](C)C(=O)O[C@H]2CC(=O)N(C)c3cc(cc(OC)c3Cl)C/C(C)=C\C=C\[C@@H](OC)C3C[C@H](OC(=O)N3)[C@@H](C)[C@@H]3O[C@@]23C)c2ccccc21. The highest BCUT2D eigenvalue weighted by molar-refractivity contribution is 6.35. The maximum atomic E-state index is 14.4. The summed E-state index contributed by atoms with van der Waals surface area (Å²) in [6.07, 6.45) is 3.28. The van der Waals surface area contributed by atoms with E-state index in [-0.39, 0.29) is 93.5 Å². The summed E-state index contributed by atoms with van der Waals surface area (Å²) in [7, 11) is 9.59. The number of carbonyl (C=O) groups excluding carboxylic acids is 7. The number of likely N-dealkylation sites (N-methyl/N-ethyl adjacent to an activating group) is 2. The van der Waals surface area contributed by atoms with Gasteiger partial charge in [0.2, 0.25) is 29.5 Å². The number of nitrogens with two attached hydrogens (primary N) is 1. The summed E-state index contributed by atoms with van der Waals surface area (Å²) >= 11 is 6.84. The van der Waals surface area contributed by atoms with Crippen LogP contribution in [0.3, 0.4) is 0 Å². The highest BCUT2D eigenvalue weighted by atomic mass is 35.5. The van der Waals surface area contributed by atoms with E-state index in [9.17, 15) is 33.6 Å². The van der Waals surface area contributed by atoms with Gasteiger partial charge in [-0.1, -0.05) is 84.8 Å². The number of hydrogen-bond acceptors (Lipinski definition) is 18. The third kappa shape index (κ3) is 19.7. The number of rotatable bonds is 28. The lowest BCUT2D eigenvalue weighted by atomic mass is 9.84. The summed E-state index contributed by atoms with van der Waals surface area (Å²) in [5.41, 5.74) is 12.3. The highest BCUT2D eigenvalue weighted by Crippen LogP contribution is 2.49. The number of benzene rings is 3. The van der Waals surface area contributed by atoms with E-state index < -0.39 is 66.0 Å². The number of nitrogens with one attached hydrogen (secondary N) is 3. The summed E-state index contributed by atoms with van der Waals surface area (Å²) in [6, 6.07) is 17.5. The van der Waals surface area contributed by atoms with Crippen molar-refractivity contribution in [3.8, 4) is 5.75 Å². The van der Waals surface area contributed by atoms with Crippen molar-refractivity contribution in [2.75, 3.05) is 118 Å². The molecule has 7 rings (SSSR count). The molecule has 25 heteroatoms. The molecule has 0 spiro atoms. The Kier molecular flexibility index (Phi) is 27.5. The number of nitrogens with zero attached hydrogens (tertiary/aromatic N) is 4. The van der Waals surface area contributed by atoms with Crippen molar-refractivity contribution in [3.05, 3.63) is 112 Å². The molecule has 6 amide bonds. The van der Waals surface area contributed by atoms with Crippen LogP contribution in [0, 0.1) is 5.92 Å². The molecule has 4 bridgehead atoms. The topological polar surface area (TPSA) is 281 Å².